The lowest BCUT2D eigenvalue weighted by atomic mass is 9.97. The van der Waals surface area contributed by atoms with Crippen LogP contribution in [0.5, 0.6) is 0 Å². The van der Waals surface area contributed by atoms with Crippen molar-refractivity contribution in [2.24, 2.45) is 0 Å². The quantitative estimate of drug-likeness (QED) is 0.624. The molecule has 0 unspecified atom stereocenters. The van der Waals surface area contributed by atoms with Crippen LogP contribution < -0.4 is 10.2 Å². The number of anilines is 2. The molecule has 152 valence electrons. The van der Waals surface area contributed by atoms with Crippen LogP contribution >= 0.6 is 0 Å². The molecule has 5 nitrogen and oxygen atoms in total. The summed E-state index contributed by atoms with van der Waals surface area (Å²) in [7, 11) is 1.68. The van der Waals surface area contributed by atoms with E-state index in [0.29, 0.717) is 19.7 Å². The second-order valence-electron chi connectivity index (χ2n) is 7.24. The maximum absolute atomic E-state index is 12.3. The molecular formula is C25H25N3O2. The molecule has 0 saturated carbocycles. The number of hydrogen-bond donors (Lipinski definition) is 1. The number of pyridine rings is 1. The number of nitrogens with one attached hydrogen (secondary N) is 1. The van der Waals surface area contributed by atoms with Gasteiger partial charge in [0.2, 0.25) is 5.91 Å². The molecule has 4 rings (SSSR count). The number of fused-ring (bicyclic) bond motifs is 2. The molecule has 0 bridgehead atoms. The van der Waals surface area contributed by atoms with Crippen LogP contribution in [-0.4, -0.2) is 31.2 Å². The first-order chi connectivity index (χ1) is 14.7. The number of ether oxygens (including phenoxy) is 1. The van der Waals surface area contributed by atoms with Crippen LogP contribution in [-0.2, 0) is 16.1 Å². The minimum Gasteiger partial charge on any atom is -0.383 e. The van der Waals surface area contributed by atoms with E-state index in [1.165, 1.54) is 0 Å². The van der Waals surface area contributed by atoms with E-state index in [1.54, 1.807) is 14.0 Å². The van der Waals surface area contributed by atoms with Crippen molar-refractivity contribution in [3.05, 3.63) is 77.4 Å². The van der Waals surface area contributed by atoms with Crippen molar-refractivity contribution in [2.45, 2.75) is 13.5 Å². The molecule has 1 aliphatic heterocycles. The van der Waals surface area contributed by atoms with E-state index in [4.69, 9.17) is 9.72 Å². The first-order valence-corrected chi connectivity index (χ1v) is 10.0. The van der Waals surface area contributed by atoms with Gasteiger partial charge in [-0.15, -0.1) is 0 Å². The molecule has 0 atom stereocenters. The first-order valence-electron chi connectivity index (χ1n) is 10.0. The second kappa shape index (κ2) is 8.93. The SMILES string of the molecule is COCCNc1cccc(-c2ccc3c(c2)C=Cc2ccccc2N(C(C)=O)C3)n1. The number of methoxy groups -OCH3 is 1. The molecule has 5 heteroatoms. The topological polar surface area (TPSA) is 54.5 Å². The Bertz CT molecular complexity index is 1090. The van der Waals surface area contributed by atoms with Crippen LogP contribution in [0.3, 0.4) is 0 Å². The molecule has 0 radical (unpaired) electrons. The van der Waals surface area contributed by atoms with Gasteiger partial charge in [0, 0.05) is 26.1 Å². The van der Waals surface area contributed by atoms with Crippen LogP contribution in [0.15, 0.2) is 60.7 Å². The summed E-state index contributed by atoms with van der Waals surface area (Å²) in [4.78, 5) is 18.9. The standard InChI is InChI=1S/C25H25N3O2/c1-18(29)28-17-22-13-12-21(23-7-5-9-25(27-23)26-14-15-30-2)16-20(22)11-10-19-6-3-4-8-24(19)28/h3-13,16H,14-15,17H2,1-2H3,(H,26,27). The number of benzene rings is 2. The summed E-state index contributed by atoms with van der Waals surface area (Å²) in [6.07, 6.45) is 4.19. The van der Waals surface area contributed by atoms with Gasteiger partial charge < -0.3 is 15.0 Å². The Balaban J connectivity index is 1.69. The molecule has 0 fully saturated rings. The molecule has 0 aliphatic carbocycles. The lowest BCUT2D eigenvalue weighted by Crippen LogP contribution is -2.29. The van der Waals surface area contributed by atoms with Crippen LogP contribution in [0.4, 0.5) is 11.5 Å². The number of nitrogens with zero attached hydrogens (tertiary/aromatic N) is 2. The van der Waals surface area contributed by atoms with E-state index in [9.17, 15) is 4.79 Å². The van der Waals surface area contributed by atoms with Gasteiger partial charge in [0.1, 0.15) is 5.82 Å². The predicted molar refractivity (Wildman–Crippen MR) is 122 cm³/mol. The van der Waals surface area contributed by atoms with Gasteiger partial charge in [-0.2, -0.15) is 0 Å². The second-order valence-corrected chi connectivity index (χ2v) is 7.24. The number of carbonyl (C=O) groups is 1. The van der Waals surface area contributed by atoms with Gasteiger partial charge in [0.25, 0.3) is 0 Å². The van der Waals surface area contributed by atoms with E-state index in [2.05, 4.69) is 35.7 Å². The van der Waals surface area contributed by atoms with Gasteiger partial charge in [-0.1, -0.05) is 48.6 Å². The van der Waals surface area contributed by atoms with E-state index < -0.39 is 0 Å². The summed E-state index contributed by atoms with van der Waals surface area (Å²) in [5.74, 6) is 0.854. The lowest BCUT2D eigenvalue weighted by molar-refractivity contribution is -0.116. The summed E-state index contributed by atoms with van der Waals surface area (Å²) in [5.41, 5.74) is 6.11. The maximum Gasteiger partial charge on any atom is 0.224 e. The largest absolute Gasteiger partial charge is 0.383 e. The molecule has 2 heterocycles. The highest BCUT2D eigenvalue weighted by atomic mass is 16.5. The highest BCUT2D eigenvalue weighted by Gasteiger charge is 2.18. The molecule has 2 aromatic carbocycles. The number of carbonyl (C=O) groups excluding carboxylic acids is 1. The predicted octanol–water partition coefficient (Wildman–Crippen LogP) is 4.84. The smallest absolute Gasteiger partial charge is 0.224 e. The zero-order valence-corrected chi connectivity index (χ0v) is 17.3. The molecule has 1 amide bonds. The van der Waals surface area contributed by atoms with Crippen molar-refractivity contribution in [1.29, 1.82) is 0 Å². The van der Waals surface area contributed by atoms with Gasteiger partial charge in [0.05, 0.1) is 24.5 Å². The minimum absolute atomic E-state index is 0.0317. The molecule has 1 aliphatic rings. The van der Waals surface area contributed by atoms with Crippen molar-refractivity contribution in [3.63, 3.8) is 0 Å². The molecule has 0 saturated heterocycles. The average molecular weight is 399 g/mol. The Morgan fingerprint density at radius 3 is 2.73 bits per heavy atom. The first kappa shape index (κ1) is 19.9. The van der Waals surface area contributed by atoms with Gasteiger partial charge in [-0.3, -0.25) is 4.79 Å². The monoisotopic (exact) mass is 399 g/mol. The normalized spacial score (nSPS) is 12.5. The minimum atomic E-state index is 0.0317. The summed E-state index contributed by atoms with van der Waals surface area (Å²) in [6.45, 7) is 3.49. The Morgan fingerprint density at radius 1 is 1.07 bits per heavy atom. The van der Waals surface area contributed by atoms with Crippen molar-refractivity contribution in [2.75, 3.05) is 30.5 Å². The fraction of sp³-hybridized carbons (Fsp3) is 0.200. The number of hydrogen-bond acceptors (Lipinski definition) is 4. The van der Waals surface area contributed by atoms with Crippen LogP contribution in [0, 0.1) is 0 Å². The van der Waals surface area contributed by atoms with Gasteiger partial charge in [-0.05, 0) is 41.0 Å². The van der Waals surface area contributed by atoms with Crippen LogP contribution in [0.1, 0.15) is 23.6 Å². The number of para-hydroxylation sites is 1. The molecule has 30 heavy (non-hydrogen) atoms. The van der Waals surface area contributed by atoms with E-state index in [0.717, 1.165) is 39.5 Å². The van der Waals surface area contributed by atoms with E-state index in [-0.39, 0.29) is 5.91 Å². The van der Waals surface area contributed by atoms with Gasteiger partial charge in [0.15, 0.2) is 0 Å². The zero-order valence-electron chi connectivity index (χ0n) is 17.3. The summed E-state index contributed by atoms with van der Waals surface area (Å²) < 4.78 is 5.09. The number of aromatic nitrogens is 1. The summed E-state index contributed by atoms with van der Waals surface area (Å²) in [5, 5.41) is 3.27. The number of rotatable bonds is 5. The van der Waals surface area contributed by atoms with E-state index in [1.807, 2.05) is 47.4 Å². The number of amides is 1. The Morgan fingerprint density at radius 2 is 1.90 bits per heavy atom. The lowest BCUT2D eigenvalue weighted by Gasteiger charge is -2.26. The fourth-order valence-electron chi connectivity index (χ4n) is 3.62. The molecule has 3 aromatic rings. The van der Waals surface area contributed by atoms with Crippen molar-refractivity contribution in [3.8, 4) is 11.3 Å². The Kier molecular flexibility index (Phi) is 5.91. The molecular weight excluding hydrogens is 374 g/mol. The van der Waals surface area contributed by atoms with Crippen LogP contribution in [0.25, 0.3) is 23.4 Å². The fourth-order valence-corrected chi connectivity index (χ4v) is 3.62. The third-order valence-electron chi connectivity index (χ3n) is 5.18. The highest BCUT2D eigenvalue weighted by Crippen LogP contribution is 2.31. The van der Waals surface area contributed by atoms with Crippen molar-refractivity contribution >= 4 is 29.6 Å². The van der Waals surface area contributed by atoms with Gasteiger partial charge in [-0.25, -0.2) is 4.98 Å². The van der Waals surface area contributed by atoms with Crippen molar-refractivity contribution < 1.29 is 9.53 Å². The Labute approximate surface area is 177 Å². The highest BCUT2D eigenvalue weighted by molar-refractivity contribution is 5.95. The maximum atomic E-state index is 12.3. The molecule has 0 spiro atoms. The average Bonchev–Trinajstić information content (AvgIpc) is 2.75. The molecule has 1 N–H and O–H groups in total. The van der Waals surface area contributed by atoms with E-state index >= 15 is 0 Å². The Hall–Kier alpha value is -3.44. The molecule has 1 aromatic heterocycles. The third-order valence-corrected chi connectivity index (χ3v) is 5.18. The third kappa shape index (κ3) is 4.26. The van der Waals surface area contributed by atoms with Crippen molar-refractivity contribution in [1.82, 2.24) is 4.98 Å². The van der Waals surface area contributed by atoms with Gasteiger partial charge >= 0.3 is 0 Å². The summed E-state index contributed by atoms with van der Waals surface area (Å²) >= 11 is 0. The zero-order chi connectivity index (χ0) is 20.9. The summed E-state index contributed by atoms with van der Waals surface area (Å²) in [6, 6.07) is 20.2. The van der Waals surface area contributed by atoms with Crippen LogP contribution in [0.2, 0.25) is 0 Å².